The van der Waals surface area contributed by atoms with Crippen LogP contribution in [0.15, 0.2) is 28.7 Å². The number of nitrogens with one attached hydrogen (secondary N) is 1. The van der Waals surface area contributed by atoms with Gasteiger partial charge in [-0.1, -0.05) is 11.6 Å². The van der Waals surface area contributed by atoms with Crippen molar-refractivity contribution in [1.29, 1.82) is 0 Å². The van der Waals surface area contributed by atoms with Crippen LogP contribution in [0.3, 0.4) is 0 Å². The third kappa shape index (κ3) is 4.03. The molecule has 1 atom stereocenters. The molecule has 2 aromatic rings. The topological polar surface area (TPSA) is 77.8 Å². The number of hydrogen-bond acceptors (Lipinski definition) is 5. The zero-order chi connectivity index (χ0) is 16.2. The van der Waals surface area contributed by atoms with Gasteiger partial charge in [0, 0.05) is 23.6 Å². The van der Waals surface area contributed by atoms with Crippen LogP contribution in [0.2, 0.25) is 5.02 Å². The van der Waals surface area contributed by atoms with Gasteiger partial charge in [0.25, 0.3) is 5.91 Å². The molecule has 1 fully saturated rings. The van der Waals surface area contributed by atoms with Crippen LogP contribution in [-0.4, -0.2) is 37.7 Å². The van der Waals surface area contributed by atoms with E-state index in [0.717, 1.165) is 19.4 Å². The van der Waals surface area contributed by atoms with E-state index in [0.29, 0.717) is 22.5 Å². The molecule has 3 rings (SSSR count). The van der Waals surface area contributed by atoms with E-state index in [4.69, 9.17) is 25.5 Å². The van der Waals surface area contributed by atoms with Crippen LogP contribution in [-0.2, 0) is 14.3 Å². The number of carbonyl (C=O) groups is 2. The largest absolute Gasteiger partial charge is 0.450 e. The molecule has 1 aliphatic rings. The zero-order valence-electron chi connectivity index (χ0n) is 12.3. The van der Waals surface area contributed by atoms with E-state index in [-0.39, 0.29) is 24.4 Å². The van der Waals surface area contributed by atoms with E-state index in [1.807, 2.05) is 0 Å². The minimum absolute atomic E-state index is 0.0363. The first-order valence-electron chi connectivity index (χ1n) is 7.36. The van der Waals surface area contributed by atoms with Gasteiger partial charge in [0.1, 0.15) is 5.58 Å². The van der Waals surface area contributed by atoms with Crippen molar-refractivity contribution in [3.63, 3.8) is 0 Å². The van der Waals surface area contributed by atoms with Gasteiger partial charge in [-0.15, -0.1) is 0 Å². The fourth-order valence-electron chi connectivity index (χ4n) is 2.40. The van der Waals surface area contributed by atoms with Crippen molar-refractivity contribution in [2.24, 2.45) is 0 Å². The molecule has 1 saturated heterocycles. The summed E-state index contributed by atoms with van der Waals surface area (Å²) in [6.45, 7) is 0.800. The summed E-state index contributed by atoms with van der Waals surface area (Å²) in [5.41, 5.74) is 0.532. The summed E-state index contributed by atoms with van der Waals surface area (Å²) in [4.78, 5) is 23.6. The third-order valence-corrected chi connectivity index (χ3v) is 3.80. The predicted molar refractivity (Wildman–Crippen MR) is 83.5 cm³/mol. The Bertz CT molecular complexity index is 720. The summed E-state index contributed by atoms with van der Waals surface area (Å²) in [6.07, 6.45) is 1.99. The van der Waals surface area contributed by atoms with Crippen LogP contribution < -0.4 is 5.32 Å². The molecule has 0 spiro atoms. The Morgan fingerprint density at radius 3 is 3.00 bits per heavy atom. The average molecular weight is 338 g/mol. The third-order valence-electron chi connectivity index (χ3n) is 3.56. The Hall–Kier alpha value is -2.05. The van der Waals surface area contributed by atoms with Crippen molar-refractivity contribution in [2.45, 2.75) is 18.9 Å². The Morgan fingerprint density at radius 2 is 2.22 bits per heavy atom. The van der Waals surface area contributed by atoms with E-state index < -0.39 is 5.97 Å². The average Bonchev–Trinajstić information content (AvgIpc) is 3.19. The number of hydrogen-bond donors (Lipinski definition) is 1. The number of rotatable bonds is 5. The molecule has 7 heteroatoms. The molecule has 2 heterocycles. The number of esters is 1. The number of halogens is 1. The van der Waals surface area contributed by atoms with Gasteiger partial charge in [0.05, 0.1) is 6.10 Å². The lowest BCUT2D eigenvalue weighted by atomic mass is 10.2. The molecule has 23 heavy (non-hydrogen) atoms. The van der Waals surface area contributed by atoms with Crippen molar-refractivity contribution in [3.8, 4) is 0 Å². The van der Waals surface area contributed by atoms with Crippen molar-refractivity contribution >= 4 is 34.4 Å². The second-order valence-electron chi connectivity index (χ2n) is 5.31. The summed E-state index contributed by atoms with van der Waals surface area (Å²) in [6, 6.07) is 6.56. The van der Waals surface area contributed by atoms with Gasteiger partial charge in [-0.25, -0.2) is 4.79 Å². The highest BCUT2D eigenvalue weighted by Crippen LogP contribution is 2.23. The molecule has 6 nitrogen and oxygen atoms in total. The zero-order valence-corrected chi connectivity index (χ0v) is 13.1. The lowest BCUT2D eigenvalue weighted by molar-refractivity contribution is -0.124. The Morgan fingerprint density at radius 1 is 1.35 bits per heavy atom. The molecule has 1 amide bonds. The molecule has 0 radical (unpaired) electrons. The van der Waals surface area contributed by atoms with E-state index in [2.05, 4.69) is 5.32 Å². The first kappa shape index (κ1) is 15.8. The molecule has 1 aliphatic heterocycles. The maximum absolute atomic E-state index is 11.9. The number of furan rings is 1. The van der Waals surface area contributed by atoms with E-state index in [9.17, 15) is 9.59 Å². The van der Waals surface area contributed by atoms with Crippen LogP contribution in [0.1, 0.15) is 23.4 Å². The van der Waals surface area contributed by atoms with Crippen molar-refractivity contribution < 1.29 is 23.5 Å². The monoisotopic (exact) mass is 337 g/mol. The van der Waals surface area contributed by atoms with Crippen LogP contribution in [0.5, 0.6) is 0 Å². The predicted octanol–water partition coefficient (Wildman–Crippen LogP) is 2.54. The Balaban J connectivity index is 1.50. The molecule has 0 saturated carbocycles. The van der Waals surface area contributed by atoms with Crippen molar-refractivity contribution in [1.82, 2.24) is 5.32 Å². The minimum Gasteiger partial charge on any atom is -0.450 e. The second-order valence-corrected chi connectivity index (χ2v) is 5.74. The maximum Gasteiger partial charge on any atom is 0.374 e. The van der Waals surface area contributed by atoms with E-state index in [1.54, 1.807) is 18.2 Å². The van der Waals surface area contributed by atoms with Gasteiger partial charge in [-0.3, -0.25) is 4.79 Å². The fourth-order valence-corrected chi connectivity index (χ4v) is 2.58. The van der Waals surface area contributed by atoms with Gasteiger partial charge in [0.15, 0.2) is 6.61 Å². The highest BCUT2D eigenvalue weighted by molar-refractivity contribution is 6.31. The van der Waals surface area contributed by atoms with Gasteiger partial charge in [-0.2, -0.15) is 0 Å². The Kier molecular flexibility index (Phi) is 4.83. The summed E-state index contributed by atoms with van der Waals surface area (Å²) in [7, 11) is 0. The van der Waals surface area contributed by atoms with E-state index in [1.165, 1.54) is 6.07 Å². The SMILES string of the molecule is O=C(COC(=O)c1cc2cc(Cl)ccc2o1)NC[C@H]1CCCO1. The molecule has 0 unspecified atom stereocenters. The van der Waals surface area contributed by atoms with Crippen LogP contribution in [0.4, 0.5) is 0 Å². The fraction of sp³-hybridized carbons (Fsp3) is 0.375. The molecule has 0 bridgehead atoms. The normalized spacial score (nSPS) is 17.3. The van der Waals surface area contributed by atoms with Crippen LogP contribution in [0.25, 0.3) is 11.0 Å². The number of amides is 1. The molecule has 1 N–H and O–H groups in total. The maximum atomic E-state index is 11.9. The van der Waals surface area contributed by atoms with Gasteiger partial charge >= 0.3 is 5.97 Å². The standard InChI is InChI=1S/C16H16ClNO5/c17-11-3-4-13-10(6-11)7-14(23-13)16(20)22-9-15(19)18-8-12-2-1-5-21-12/h3-4,6-7,12H,1-2,5,8-9H2,(H,18,19)/t12-/m1/s1. The van der Waals surface area contributed by atoms with Crippen LogP contribution >= 0.6 is 11.6 Å². The number of benzene rings is 1. The highest BCUT2D eigenvalue weighted by Gasteiger charge is 2.18. The summed E-state index contributed by atoms with van der Waals surface area (Å²) >= 11 is 5.88. The molecule has 1 aromatic carbocycles. The number of fused-ring (bicyclic) bond motifs is 1. The lowest BCUT2D eigenvalue weighted by Gasteiger charge is -2.10. The van der Waals surface area contributed by atoms with Gasteiger partial charge in [0.2, 0.25) is 5.76 Å². The molecule has 1 aromatic heterocycles. The van der Waals surface area contributed by atoms with Crippen molar-refractivity contribution in [3.05, 3.63) is 35.0 Å². The van der Waals surface area contributed by atoms with Gasteiger partial charge in [-0.05, 0) is 37.1 Å². The van der Waals surface area contributed by atoms with Gasteiger partial charge < -0.3 is 19.2 Å². The quantitative estimate of drug-likeness (QED) is 0.848. The lowest BCUT2D eigenvalue weighted by Crippen LogP contribution is -2.34. The smallest absolute Gasteiger partial charge is 0.374 e. The summed E-state index contributed by atoms with van der Waals surface area (Å²) in [5.74, 6) is -1.02. The summed E-state index contributed by atoms with van der Waals surface area (Å²) in [5, 5.41) is 3.93. The minimum atomic E-state index is -0.690. The number of carbonyl (C=O) groups excluding carboxylic acids is 2. The first-order chi connectivity index (χ1) is 11.1. The molecular formula is C16H16ClNO5. The molecule has 0 aliphatic carbocycles. The molecule has 122 valence electrons. The van der Waals surface area contributed by atoms with Crippen LogP contribution in [0, 0.1) is 0 Å². The highest BCUT2D eigenvalue weighted by atomic mass is 35.5. The number of ether oxygens (including phenoxy) is 2. The molecular weight excluding hydrogens is 322 g/mol. The summed E-state index contributed by atoms with van der Waals surface area (Å²) < 4.78 is 15.7. The Labute approximate surface area is 137 Å². The first-order valence-corrected chi connectivity index (χ1v) is 7.74. The van der Waals surface area contributed by atoms with Crippen molar-refractivity contribution in [2.75, 3.05) is 19.8 Å². The second kappa shape index (κ2) is 7.02. The van der Waals surface area contributed by atoms with E-state index >= 15 is 0 Å².